The van der Waals surface area contributed by atoms with Gasteiger partial charge in [0.15, 0.2) is 0 Å². The topological polar surface area (TPSA) is 37.6 Å². The van der Waals surface area contributed by atoms with Crippen molar-refractivity contribution in [2.24, 2.45) is 0 Å². The van der Waals surface area contributed by atoms with E-state index in [1.54, 1.807) is 0 Å². The number of ether oxygens (including phenoxy) is 1. The average Bonchev–Trinajstić information content (AvgIpc) is 2.96. The number of hydrogen-bond donors (Lipinski definition) is 1. The van der Waals surface area contributed by atoms with Crippen LogP contribution in [0.3, 0.4) is 0 Å². The maximum atomic E-state index is 5.57. The van der Waals surface area contributed by atoms with Crippen LogP contribution in [0.5, 0.6) is 0 Å². The number of likely N-dealkylation sites (N-methyl/N-ethyl adjacent to an activating group) is 1. The van der Waals surface area contributed by atoms with E-state index < -0.39 is 0 Å². The molecule has 1 fully saturated rings. The summed E-state index contributed by atoms with van der Waals surface area (Å²) in [7, 11) is 2.12. The summed E-state index contributed by atoms with van der Waals surface area (Å²) in [5.41, 5.74) is 0. The Kier molecular flexibility index (Phi) is 5.23. The average molecular weight is 252 g/mol. The molecule has 1 aromatic rings. The molecule has 4 nitrogen and oxygen atoms in total. The molecule has 1 N–H and O–H groups in total. The Morgan fingerprint density at radius 3 is 3.00 bits per heavy atom. The van der Waals surface area contributed by atoms with Gasteiger partial charge in [-0.15, -0.1) is 0 Å². The van der Waals surface area contributed by atoms with E-state index in [1.165, 1.54) is 12.8 Å². The van der Waals surface area contributed by atoms with E-state index in [4.69, 9.17) is 9.15 Å². The molecule has 1 atom stereocenters. The van der Waals surface area contributed by atoms with E-state index in [0.717, 1.165) is 44.3 Å². The fraction of sp³-hybridized carbons (Fsp3) is 0.714. The molecule has 0 aromatic carbocycles. The summed E-state index contributed by atoms with van der Waals surface area (Å²) < 4.78 is 11.1. The quantitative estimate of drug-likeness (QED) is 0.751. The molecule has 18 heavy (non-hydrogen) atoms. The van der Waals surface area contributed by atoms with Crippen LogP contribution in [0.1, 0.15) is 24.4 Å². The van der Waals surface area contributed by atoms with Gasteiger partial charge in [0.25, 0.3) is 0 Å². The smallest absolute Gasteiger partial charge is 0.118 e. The number of nitrogens with zero attached hydrogens (tertiary/aromatic N) is 1. The van der Waals surface area contributed by atoms with Gasteiger partial charge in [0.2, 0.25) is 0 Å². The first kappa shape index (κ1) is 13.6. The maximum absolute atomic E-state index is 5.57. The first-order valence-corrected chi connectivity index (χ1v) is 6.80. The molecule has 4 heteroatoms. The summed E-state index contributed by atoms with van der Waals surface area (Å²) in [6.07, 6.45) is 2.85. The summed E-state index contributed by atoms with van der Waals surface area (Å²) in [5, 5.41) is 3.45. The molecule has 1 aliphatic rings. The molecular weight excluding hydrogens is 228 g/mol. The van der Waals surface area contributed by atoms with Crippen LogP contribution in [-0.2, 0) is 11.3 Å². The van der Waals surface area contributed by atoms with E-state index in [0.29, 0.717) is 6.10 Å². The molecule has 1 unspecified atom stereocenters. The van der Waals surface area contributed by atoms with Crippen molar-refractivity contribution in [2.75, 3.05) is 33.3 Å². The summed E-state index contributed by atoms with van der Waals surface area (Å²) >= 11 is 0. The summed E-state index contributed by atoms with van der Waals surface area (Å²) in [4.78, 5) is 2.26. The molecule has 0 saturated carbocycles. The minimum atomic E-state index is 0.433. The number of aryl methyl sites for hydroxylation is 1. The molecule has 1 aliphatic heterocycles. The number of furan rings is 1. The van der Waals surface area contributed by atoms with Crippen molar-refractivity contribution in [3.05, 3.63) is 23.7 Å². The molecule has 0 amide bonds. The minimum Gasteiger partial charge on any atom is -0.465 e. The highest BCUT2D eigenvalue weighted by molar-refractivity contribution is 5.05. The van der Waals surface area contributed by atoms with Gasteiger partial charge in [-0.25, -0.2) is 0 Å². The Hall–Kier alpha value is -0.840. The van der Waals surface area contributed by atoms with Crippen LogP contribution in [0.25, 0.3) is 0 Å². The highest BCUT2D eigenvalue weighted by atomic mass is 16.5. The zero-order valence-electron chi connectivity index (χ0n) is 11.4. The van der Waals surface area contributed by atoms with Gasteiger partial charge in [0.1, 0.15) is 11.5 Å². The summed E-state index contributed by atoms with van der Waals surface area (Å²) in [5.74, 6) is 2.02. The molecular formula is C14H24N2O2. The highest BCUT2D eigenvalue weighted by Crippen LogP contribution is 2.10. The third kappa shape index (κ3) is 4.44. The third-order valence-electron chi connectivity index (χ3n) is 3.29. The van der Waals surface area contributed by atoms with E-state index >= 15 is 0 Å². The van der Waals surface area contributed by atoms with Crippen molar-refractivity contribution >= 4 is 0 Å². The van der Waals surface area contributed by atoms with Crippen molar-refractivity contribution in [1.82, 2.24) is 10.2 Å². The lowest BCUT2D eigenvalue weighted by Gasteiger charge is -2.16. The van der Waals surface area contributed by atoms with Crippen molar-refractivity contribution < 1.29 is 9.15 Å². The molecule has 0 bridgehead atoms. The van der Waals surface area contributed by atoms with E-state index in [1.807, 2.05) is 19.1 Å². The Morgan fingerprint density at radius 1 is 1.44 bits per heavy atom. The number of nitrogens with one attached hydrogen (secondary N) is 1. The Labute approximate surface area is 109 Å². The molecule has 2 heterocycles. The van der Waals surface area contributed by atoms with Crippen molar-refractivity contribution in [2.45, 2.75) is 32.4 Å². The monoisotopic (exact) mass is 252 g/mol. The van der Waals surface area contributed by atoms with Gasteiger partial charge in [-0.2, -0.15) is 0 Å². The normalized spacial score (nSPS) is 19.8. The van der Waals surface area contributed by atoms with Gasteiger partial charge in [0, 0.05) is 26.2 Å². The first-order chi connectivity index (χ1) is 8.74. The van der Waals surface area contributed by atoms with Crippen LogP contribution >= 0.6 is 0 Å². The van der Waals surface area contributed by atoms with Gasteiger partial charge < -0.3 is 14.5 Å². The molecule has 102 valence electrons. The Bertz CT molecular complexity index is 345. The van der Waals surface area contributed by atoms with Gasteiger partial charge >= 0.3 is 0 Å². The molecule has 1 saturated heterocycles. The summed E-state index contributed by atoms with van der Waals surface area (Å²) in [6, 6.07) is 4.06. The van der Waals surface area contributed by atoms with E-state index in [-0.39, 0.29) is 0 Å². The maximum Gasteiger partial charge on any atom is 0.118 e. The van der Waals surface area contributed by atoms with Gasteiger partial charge in [-0.05, 0) is 38.9 Å². The first-order valence-electron chi connectivity index (χ1n) is 6.80. The predicted octanol–water partition coefficient (Wildman–Crippen LogP) is 1.79. The van der Waals surface area contributed by atoms with Gasteiger partial charge in [0.05, 0.1) is 12.6 Å². The van der Waals surface area contributed by atoms with Crippen LogP contribution < -0.4 is 5.32 Å². The van der Waals surface area contributed by atoms with Crippen LogP contribution in [0, 0.1) is 6.92 Å². The lowest BCUT2D eigenvalue weighted by molar-refractivity contribution is 0.109. The molecule has 2 rings (SSSR count). The molecule has 0 radical (unpaired) electrons. The van der Waals surface area contributed by atoms with Gasteiger partial charge in [-0.1, -0.05) is 0 Å². The van der Waals surface area contributed by atoms with E-state index in [9.17, 15) is 0 Å². The van der Waals surface area contributed by atoms with Crippen molar-refractivity contribution in [3.63, 3.8) is 0 Å². The SMILES string of the molecule is Cc1ccc(CN(C)CCNCC2CCCO2)o1. The van der Waals surface area contributed by atoms with E-state index in [2.05, 4.69) is 17.3 Å². The molecule has 0 spiro atoms. The fourth-order valence-electron chi connectivity index (χ4n) is 2.25. The van der Waals surface area contributed by atoms with Crippen LogP contribution in [0.2, 0.25) is 0 Å². The van der Waals surface area contributed by atoms with Gasteiger partial charge in [-0.3, -0.25) is 4.90 Å². The van der Waals surface area contributed by atoms with Crippen molar-refractivity contribution in [1.29, 1.82) is 0 Å². The van der Waals surface area contributed by atoms with Crippen LogP contribution in [0.4, 0.5) is 0 Å². The molecule has 1 aromatic heterocycles. The second-order valence-corrected chi connectivity index (χ2v) is 5.09. The summed E-state index contributed by atoms with van der Waals surface area (Å²) in [6.45, 7) is 6.78. The zero-order chi connectivity index (χ0) is 12.8. The standard InChI is InChI=1S/C14H24N2O2/c1-12-5-6-14(18-12)11-16(2)8-7-15-10-13-4-3-9-17-13/h5-6,13,15H,3-4,7-11H2,1-2H3. The zero-order valence-corrected chi connectivity index (χ0v) is 11.4. The third-order valence-corrected chi connectivity index (χ3v) is 3.29. The van der Waals surface area contributed by atoms with Crippen molar-refractivity contribution in [3.8, 4) is 0 Å². The Balaban J connectivity index is 1.55. The fourth-order valence-corrected chi connectivity index (χ4v) is 2.25. The number of hydrogen-bond acceptors (Lipinski definition) is 4. The number of rotatable bonds is 7. The minimum absolute atomic E-state index is 0.433. The Morgan fingerprint density at radius 2 is 2.33 bits per heavy atom. The lowest BCUT2D eigenvalue weighted by Crippen LogP contribution is -2.33. The second kappa shape index (κ2) is 6.92. The molecule has 0 aliphatic carbocycles. The lowest BCUT2D eigenvalue weighted by atomic mass is 10.2. The largest absolute Gasteiger partial charge is 0.465 e. The second-order valence-electron chi connectivity index (χ2n) is 5.09. The highest BCUT2D eigenvalue weighted by Gasteiger charge is 2.14. The predicted molar refractivity (Wildman–Crippen MR) is 71.6 cm³/mol. The van der Waals surface area contributed by atoms with Crippen LogP contribution in [0.15, 0.2) is 16.5 Å². The van der Waals surface area contributed by atoms with Crippen LogP contribution in [-0.4, -0.2) is 44.3 Å².